The third kappa shape index (κ3) is 1.41. The highest BCUT2D eigenvalue weighted by Crippen LogP contribution is 2.19. The minimum Gasteiger partial charge on any atom is -0.312 e. The second kappa shape index (κ2) is 2.25. The van der Waals surface area contributed by atoms with Gasteiger partial charge in [0.2, 0.25) is 0 Å². The summed E-state index contributed by atoms with van der Waals surface area (Å²) in [6, 6.07) is 0. The molecule has 1 saturated heterocycles. The Kier molecular flexibility index (Phi) is 1.75. The van der Waals surface area contributed by atoms with Crippen molar-refractivity contribution in [1.82, 2.24) is 5.06 Å². The predicted octanol–water partition coefficient (Wildman–Crippen LogP) is 0.536. The molecule has 9 heavy (non-hydrogen) atoms. The molecule has 0 spiro atoms. The Morgan fingerprint density at radius 2 is 2.22 bits per heavy atom. The third-order valence-corrected chi connectivity index (χ3v) is 1.89. The number of nitrogens with zero attached hydrogens (tertiary/aromatic N) is 1. The average molecular weight is 130 g/mol. The van der Waals surface area contributed by atoms with Crippen molar-refractivity contribution in [3.63, 3.8) is 0 Å². The normalized spacial score (nSPS) is 39.0. The van der Waals surface area contributed by atoms with Gasteiger partial charge in [-0.3, -0.25) is 0 Å². The second-order valence-electron chi connectivity index (χ2n) is 2.94. The average Bonchev–Trinajstić information content (AvgIpc) is 1.77. The van der Waals surface area contributed by atoms with E-state index in [0.29, 0.717) is 6.54 Å². The molecular weight excluding hydrogens is 116 g/mol. The first-order valence-electron chi connectivity index (χ1n) is 3.38. The first-order valence-corrected chi connectivity index (χ1v) is 3.38. The van der Waals surface area contributed by atoms with Crippen LogP contribution in [0.4, 0.5) is 0 Å². The Hall–Kier alpha value is -0.120. The van der Waals surface area contributed by atoms with Crippen molar-refractivity contribution in [3.8, 4) is 0 Å². The highest BCUT2D eigenvalue weighted by molar-refractivity contribution is 4.78. The lowest BCUT2D eigenvalue weighted by Crippen LogP contribution is -2.54. The van der Waals surface area contributed by atoms with E-state index in [2.05, 4.69) is 0 Å². The molecule has 1 fully saturated rings. The molecule has 1 aliphatic heterocycles. The quantitative estimate of drug-likeness (QED) is 0.503. The third-order valence-electron chi connectivity index (χ3n) is 1.89. The maximum atomic E-state index is 9.15. The lowest BCUT2D eigenvalue weighted by Gasteiger charge is -2.36. The van der Waals surface area contributed by atoms with Gasteiger partial charge in [-0.05, 0) is 26.2 Å². The van der Waals surface area contributed by atoms with Gasteiger partial charge in [0.05, 0.1) is 5.66 Å². The van der Waals surface area contributed by atoms with E-state index >= 15 is 0 Å². The minimum atomic E-state index is -0.474. The van der Waals surface area contributed by atoms with Crippen molar-refractivity contribution >= 4 is 0 Å². The van der Waals surface area contributed by atoms with Gasteiger partial charge in [-0.25, -0.2) is 0 Å². The fourth-order valence-electron chi connectivity index (χ4n) is 1.13. The highest BCUT2D eigenvalue weighted by Gasteiger charge is 2.28. The van der Waals surface area contributed by atoms with Crippen LogP contribution < -0.4 is 5.73 Å². The molecule has 0 bridgehead atoms. The smallest absolute Gasteiger partial charge is 0.0897 e. The Balaban J connectivity index is 2.49. The van der Waals surface area contributed by atoms with Crippen LogP contribution in [0.1, 0.15) is 26.2 Å². The van der Waals surface area contributed by atoms with E-state index < -0.39 is 5.66 Å². The van der Waals surface area contributed by atoms with Crippen molar-refractivity contribution in [1.29, 1.82) is 0 Å². The van der Waals surface area contributed by atoms with Crippen LogP contribution in [-0.2, 0) is 0 Å². The Bertz CT molecular complexity index is 103. The molecule has 0 amide bonds. The molecule has 3 heteroatoms. The first kappa shape index (κ1) is 6.99. The van der Waals surface area contributed by atoms with Crippen LogP contribution in [-0.4, -0.2) is 22.5 Å². The van der Waals surface area contributed by atoms with Crippen LogP contribution in [0.5, 0.6) is 0 Å². The van der Waals surface area contributed by atoms with E-state index in [1.54, 1.807) is 0 Å². The van der Waals surface area contributed by atoms with E-state index in [1.807, 2.05) is 6.92 Å². The summed E-state index contributed by atoms with van der Waals surface area (Å²) in [4.78, 5) is 0. The molecule has 0 aliphatic carbocycles. The van der Waals surface area contributed by atoms with E-state index in [4.69, 9.17) is 10.9 Å². The molecule has 3 N–H and O–H groups in total. The van der Waals surface area contributed by atoms with Crippen molar-refractivity contribution in [3.05, 3.63) is 0 Å². The molecular formula is C6H14N2O. The molecule has 1 atom stereocenters. The van der Waals surface area contributed by atoms with E-state index in [-0.39, 0.29) is 0 Å². The minimum absolute atomic E-state index is 0.474. The van der Waals surface area contributed by atoms with E-state index in [1.165, 1.54) is 5.06 Å². The van der Waals surface area contributed by atoms with Crippen LogP contribution in [0, 0.1) is 0 Å². The molecule has 1 unspecified atom stereocenters. The zero-order valence-corrected chi connectivity index (χ0v) is 5.80. The summed E-state index contributed by atoms with van der Waals surface area (Å²) in [5.74, 6) is 0. The van der Waals surface area contributed by atoms with Crippen LogP contribution in [0.3, 0.4) is 0 Å². The summed E-state index contributed by atoms with van der Waals surface area (Å²) in [6.45, 7) is 2.57. The van der Waals surface area contributed by atoms with Crippen LogP contribution in [0.25, 0.3) is 0 Å². The molecule has 1 rings (SSSR count). The van der Waals surface area contributed by atoms with Gasteiger partial charge in [0.1, 0.15) is 0 Å². The Labute approximate surface area is 55.4 Å². The lowest BCUT2D eigenvalue weighted by molar-refractivity contribution is -0.182. The summed E-state index contributed by atoms with van der Waals surface area (Å²) >= 11 is 0. The van der Waals surface area contributed by atoms with Gasteiger partial charge in [-0.15, -0.1) is 0 Å². The molecule has 0 radical (unpaired) electrons. The summed E-state index contributed by atoms with van der Waals surface area (Å²) < 4.78 is 0. The summed E-state index contributed by atoms with van der Waals surface area (Å²) in [7, 11) is 0. The van der Waals surface area contributed by atoms with Gasteiger partial charge in [0.15, 0.2) is 0 Å². The molecule has 54 valence electrons. The molecule has 1 aliphatic rings. The number of piperidine rings is 1. The van der Waals surface area contributed by atoms with Gasteiger partial charge >= 0.3 is 0 Å². The van der Waals surface area contributed by atoms with Crippen molar-refractivity contribution < 1.29 is 5.21 Å². The molecule has 0 aromatic carbocycles. The highest BCUT2D eigenvalue weighted by atomic mass is 16.5. The van der Waals surface area contributed by atoms with Gasteiger partial charge in [0.25, 0.3) is 0 Å². The van der Waals surface area contributed by atoms with Gasteiger partial charge < -0.3 is 10.9 Å². The zero-order chi connectivity index (χ0) is 6.91. The van der Waals surface area contributed by atoms with Crippen molar-refractivity contribution in [2.75, 3.05) is 6.54 Å². The Morgan fingerprint density at radius 1 is 1.56 bits per heavy atom. The monoisotopic (exact) mass is 130 g/mol. The van der Waals surface area contributed by atoms with Gasteiger partial charge in [0, 0.05) is 6.54 Å². The van der Waals surface area contributed by atoms with Gasteiger partial charge in [-0.2, -0.15) is 5.06 Å². The number of nitrogens with two attached hydrogens (primary N) is 1. The van der Waals surface area contributed by atoms with Crippen molar-refractivity contribution in [2.45, 2.75) is 31.8 Å². The topological polar surface area (TPSA) is 49.5 Å². The fourth-order valence-corrected chi connectivity index (χ4v) is 1.13. The number of hydrogen-bond acceptors (Lipinski definition) is 3. The fraction of sp³-hybridized carbons (Fsp3) is 1.00. The largest absolute Gasteiger partial charge is 0.312 e. The van der Waals surface area contributed by atoms with E-state index in [0.717, 1.165) is 19.3 Å². The predicted molar refractivity (Wildman–Crippen MR) is 34.9 cm³/mol. The van der Waals surface area contributed by atoms with Crippen LogP contribution in [0.15, 0.2) is 0 Å². The maximum absolute atomic E-state index is 9.15. The summed E-state index contributed by atoms with van der Waals surface area (Å²) in [5, 5.41) is 10.4. The van der Waals surface area contributed by atoms with Crippen molar-refractivity contribution in [2.24, 2.45) is 5.73 Å². The van der Waals surface area contributed by atoms with Crippen LogP contribution >= 0.6 is 0 Å². The molecule has 0 saturated carbocycles. The zero-order valence-electron chi connectivity index (χ0n) is 5.80. The molecule has 0 aromatic rings. The number of hydrogen-bond donors (Lipinski definition) is 2. The second-order valence-corrected chi connectivity index (χ2v) is 2.94. The lowest BCUT2D eigenvalue weighted by atomic mass is 10.0. The standard InChI is InChI=1S/C6H14N2O/c1-6(7)4-2-3-5-8(6)9/h9H,2-5,7H2,1H3. The molecule has 3 nitrogen and oxygen atoms in total. The van der Waals surface area contributed by atoms with Crippen LogP contribution in [0.2, 0.25) is 0 Å². The van der Waals surface area contributed by atoms with E-state index in [9.17, 15) is 0 Å². The SMILES string of the molecule is CC1(N)CCCCN1O. The summed E-state index contributed by atoms with van der Waals surface area (Å²) in [6.07, 6.45) is 3.08. The molecule has 1 heterocycles. The molecule has 0 aromatic heterocycles. The van der Waals surface area contributed by atoms with Gasteiger partial charge in [-0.1, -0.05) is 0 Å². The summed E-state index contributed by atoms with van der Waals surface area (Å²) in [5.41, 5.74) is 5.22. The first-order chi connectivity index (χ1) is 4.13. The maximum Gasteiger partial charge on any atom is 0.0897 e. The number of hydroxylamine groups is 2. The Morgan fingerprint density at radius 3 is 2.56 bits per heavy atom. The number of rotatable bonds is 0.